The molecule has 0 fully saturated rings. The topological polar surface area (TPSA) is 77.0 Å². The molecular formula is C22H15Cl2FN2O4. The van der Waals surface area contributed by atoms with Gasteiger partial charge in [-0.2, -0.15) is 5.10 Å². The van der Waals surface area contributed by atoms with E-state index in [1.807, 2.05) is 0 Å². The number of benzene rings is 3. The number of halogens is 3. The van der Waals surface area contributed by atoms with Crippen molar-refractivity contribution < 1.29 is 23.5 Å². The van der Waals surface area contributed by atoms with Crippen LogP contribution in [0, 0.1) is 5.82 Å². The first kappa shape index (κ1) is 22.3. The minimum absolute atomic E-state index is 0.155. The van der Waals surface area contributed by atoms with Crippen LogP contribution in [0.25, 0.3) is 0 Å². The van der Waals surface area contributed by atoms with Crippen LogP contribution >= 0.6 is 23.2 Å². The Morgan fingerprint density at radius 3 is 2.48 bits per heavy atom. The number of esters is 1. The molecule has 0 atom stereocenters. The van der Waals surface area contributed by atoms with E-state index in [1.54, 1.807) is 30.3 Å². The summed E-state index contributed by atoms with van der Waals surface area (Å²) in [6.07, 6.45) is 1.40. The molecule has 0 radical (unpaired) electrons. The van der Waals surface area contributed by atoms with Gasteiger partial charge < -0.3 is 9.47 Å². The number of carbonyl (C=O) groups is 2. The van der Waals surface area contributed by atoms with E-state index in [9.17, 15) is 14.0 Å². The molecule has 9 heteroatoms. The molecule has 0 unspecified atom stereocenters. The molecule has 3 aromatic rings. The van der Waals surface area contributed by atoms with Gasteiger partial charge in [0.2, 0.25) is 0 Å². The van der Waals surface area contributed by atoms with Gasteiger partial charge in [0.05, 0.1) is 16.8 Å². The summed E-state index contributed by atoms with van der Waals surface area (Å²) in [6, 6.07) is 16.5. The zero-order chi connectivity index (χ0) is 22.2. The first-order valence-electron chi connectivity index (χ1n) is 8.89. The molecule has 0 saturated carbocycles. The first-order valence-corrected chi connectivity index (χ1v) is 9.64. The first-order chi connectivity index (χ1) is 14.9. The molecule has 0 spiro atoms. The fourth-order valence-electron chi connectivity index (χ4n) is 2.36. The number of hydrogen-bond acceptors (Lipinski definition) is 5. The fourth-order valence-corrected chi connectivity index (χ4v) is 2.82. The second kappa shape index (κ2) is 10.6. The largest absolute Gasteiger partial charge is 0.482 e. The Balaban J connectivity index is 1.48. The summed E-state index contributed by atoms with van der Waals surface area (Å²) in [7, 11) is 0. The van der Waals surface area contributed by atoms with Crippen molar-refractivity contribution in [1.29, 1.82) is 0 Å². The Hall–Kier alpha value is -3.42. The number of carbonyl (C=O) groups excluding carboxylic acids is 2. The highest BCUT2D eigenvalue weighted by Crippen LogP contribution is 2.27. The van der Waals surface area contributed by atoms with Crippen LogP contribution in [0.15, 0.2) is 71.8 Å². The van der Waals surface area contributed by atoms with Crippen LogP contribution in [0.3, 0.4) is 0 Å². The summed E-state index contributed by atoms with van der Waals surface area (Å²) in [5.41, 5.74) is 2.79. The van der Waals surface area contributed by atoms with E-state index in [4.69, 9.17) is 32.7 Å². The zero-order valence-electron chi connectivity index (χ0n) is 15.8. The predicted molar refractivity (Wildman–Crippen MR) is 115 cm³/mol. The van der Waals surface area contributed by atoms with E-state index in [0.29, 0.717) is 21.4 Å². The number of amides is 1. The Morgan fingerprint density at radius 1 is 1.03 bits per heavy atom. The highest BCUT2D eigenvalue weighted by Gasteiger charge is 2.13. The predicted octanol–water partition coefficient (Wildman–Crippen LogP) is 4.88. The van der Waals surface area contributed by atoms with Crippen LogP contribution in [-0.2, 0) is 4.79 Å². The van der Waals surface area contributed by atoms with Gasteiger partial charge in [0.25, 0.3) is 5.91 Å². The molecule has 158 valence electrons. The maximum absolute atomic E-state index is 13.6. The molecule has 1 N–H and O–H groups in total. The standard InChI is InChI=1S/C22H15Cl2FN2O4/c23-15-7-10-20(18(24)11-15)30-13-21(28)27-26-12-14-5-8-16(9-6-14)31-22(29)17-3-1-2-4-19(17)25/h1-12H,13H2,(H,27,28). The van der Waals surface area contributed by atoms with Crippen molar-refractivity contribution in [1.82, 2.24) is 5.43 Å². The van der Waals surface area contributed by atoms with Crippen LogP contribution in [0.4, 0.5) is 4.39 Å². The average Bonchev–Trinajstić information content (AvgIpc) is 2.74. The molecule has 0 aliphatic heterocycles. The molecule has 0 aromatic heterocycles. The molecular weight excluding hydrogens is 446 g/mol. The van der Waals surface area contributed by atoms with Gasteiger partial charge in [0.1, 0.15) is 17.3 Å². The highest BCUT2D eigenvalue weighted by molar-refractivity contribution is 6.35. The Labute approximate surface area is 187 Å². The van der Waals surface area contributed by atoms with Gasteiger partial charge in [-0.1, -0.05) is 35.3 Å². The molecule has 0 bridgehead atoms. The van der Waals surface area contributed by atoms with Crippen molar-refractivity contribution >= 4 is 41.3 Å². The van der Waals surface area contributed by atoms with E-state index in [2.05, 4.69) is 10.5 Å². The lowest BCUT2D eigenvalue weighted by Crippen LogP contribution is -2.24. The minimum Gasteiger partial charge on any atom is -0.482 e. The number of nitrogens with zero attached hydrogens (tertiary/aromatic N) is 1. The average molecular weight is 461 g/mol. The molecule has 3 aromatic carbocycles. The van der Waals surface area contributed by atoms with Crippen LogP contribution in [-0.4, -0.2) is 24.7 Å². The van der Waals surface area contributed by atoms with E-state index >= 15 is 0 Å². The molecule has 6 nitrogen and oxygen atoms in total. The minimum atomic E-state index is -0.799. The maximum Gasteiger partial charge on any atom is 0.346 e. The third kappa shape index (κ3) is 6.53. The monoisotopic (exact) mass is 460 g/mol. The number of hydrogen-bond donors (Lipinski definition) is 1. The number of nitrogens with one attached hydrogen (secondary N) is 1. The summed E-state index contributed by atoms with van der Waals surface area (Å²) in [5.74, 6) is -1.38. The quantitative estimate of drug-likeness (QED) is 0.236. The van der Waals surface area contributed by atoms with Crippen molar-refractivity contribution in [3.8, 4) is 11.5 Å². The van der Waals surface area contributed by atoms with Gasteiger partial charge in [-0.05, 0) is 60.2 Å². The van der Waals surface area contributed by atoms with Crippen molar-refractivity contribution in [3.05, 3.63) is 93.7 Å². The molecule has 0 aliphatic carbocycles. The van der Waals surface area contributed by atoms with Crippen molar-refractivity contribution in [3.63, 3.8) is 0 Å². The Morgan fingerprint density at radius 2 is 1.77 bits per heavy atom. The number of ether oxygens (including phenoxy) is 2. The van der Waals surface area contributed by atoms with Gasteiger partial charge >= 0.3 is 5.97 Å². The van der Waals surface area contributed by atoms with Gasteiger partial charge in [-0.3, -0.25) is 4.79 Å². The smallest absolute Gasteiger partial charge is 0.346 e. The molecule has 0 saturated heterocycles. The van der Waals surface area contributed by atoms with E-state index in [-0.39, 0.29) is 17.9 Å². The second-order valence-corrected chi connectivity index (χ2v) is 6.94. The van der Waals surface area contributed by atoms with Gasteiger partial charge in [0, 0.05) is 5.02 Å². The normalized spacial score (nSPS) is 10.7. The summed E-state index contributed by atoms with van der Waals surface area (Å²) in [4.78, 5) is 23.8. The third-order valence-electron chi connectivity index (χ3n) is 3.84. The lowest BCUT2D eigenvalue weighted by molar-refractivity contribution is -0.123. The number of rotatable bonds is 7. The number of hydrazone groups is 1. The van der Waals surface area contributed by atoms with Crippen molar-refractivity contribution in [2.75, 3.05) is 6.61 Å². The van der Waals surface area contributed by atoms with Gasteiger partial charge in [-0.15, -0.1) is 0 Å². The summed E-state index contributed by atoms with van der Waals surface area (Å²) in [6.45, 7) is -0.288. The SMILES string of the molecule is O=C(COc1ccc(Cl)cc1Cl)NN=Cc1ccc(OC(=O)c2ccccc2F)cc1. The molecule has 0 aliphatic rings. The van der Waals surface area contributed by atoms with E-state index in [0.717, 1.165) is 0 Å². The van der Waals surface area contributed by atoms with Crippen molar-refractivity contribution in [2.24, 2.45) is 5.10 Å². The van der Waals surface area contributed by atoms with Crippen LogP contribution in [0.2, 0.25) is 10.0 Å². The molecule has 3 rings (SSSR count). The van der Waals surface area contributed by atoms with Crippen LogP contribution in [0.1, 0.15) is 15.9 Å². The lowest BCUT2D eigenvalue weighted by Gasteiger charge is -2.07. The Bertz CT molecular complexity index is 1120. The summed E-state index contributed by atoms with van der Waals surface area (Å²) in [5, 5.41) is 4.57. The van der Waals surface area contributed by atoms with Gasteiger partial charge in [-0.25, -0.2) is 14.6 Å². The highest BCUT2D eigenvalue weighted by atomic mass is 35.5. The lowest BCUT2D eigenvalue weighted by atomic mass is 10.2. The maximum atomic E-state index is 13.6. The molecule has 31 heavy (non-hydrogen) atoms. The summed E-state index contributed by atoms with van der Waals surface area (Å²) >= 11 is 11.8. The molecule has 1 amide bonds. The third-order valence-corrected chi connectivity index (χ3v) is 4.37. The van der Waals surface area contributed by atoms with Gasteiger partial charge in [0.15, 0.2) is 6.61 Å². The summed E-state index contributed by atoms with van der Waals surface area (Å²) < 4.78 is 24.1. The second-order valence-electron chi connectivity index (χ2n) is 6.09. The van der Waals surface area contributed by atoms with Crippen LogP contribution < -0.4 is 14.9 Å². The fraction of sp³-hybridized carbons (Fsp3) is 0.0455. The Kier molecular flexibility index (Phi) is 7.59. The van der Waals surface area contributed by atoms with Crippen LogP contribution in [0.5, 0.6) is 11.5 Å². The zero-order valence-corrected chi connectivity index (χ0v) is 17.4. The van der Waals surface area contributed by atoms with Crippen molar-refractivity contribution in [2.45, 2.75) is 0 Å². The molecule has 0 heterocycles. The van der Waals surface area contributed by atoms with E-state index in [1.165, 1.54) is 42.6 Å². The van der Waals surface area contributed by atoms with E-state index < -0.39 is 17.7 Å².